The van der Waals surface area contributed by atoms with Gasteiger partial charge in [0.15, 0.2) is 12.2 Å². The zero-order valence-corrected chi connectivity index (χ0v) is 14.4. The fraction of sp³-hybridized carbons (Fsp3) is 0.833. The van der Waals surface area contributed by atoms with Gasteiger partial charge in [-0.15, -0.1) is 0 Å². The number of hydrogen-bond donors (Lipinski definition) is 0. The minimum absolute atomic E-state index is 0.00396. The Bertz CT molecular complexity index is 777. The van der Waals surface area contributed by atoms with Crippen LogP contribution in [0.2, 0.25) is 0 Å². The number of ether oxygens (including phenoxy) is 4. The molecule has 25 heavy (non-hydrogen) atoms. The van der Waals surface area contributed by atoms with Crippen molar-refractivity contribution in [1.29, 1.82) is 0 Å². The number of carbonyl (C=O) groups excluding carboxylic acids is 3. The Kier molecular flexibility index (Phi) is 2.08. The van der Waals surface area contributed by atoms with E-state index in [1.807, 2.05) is 13.8 Å². The largest absolute Gasteiger partial charge is 0.458 e. The number of rotatable bonds is 2. The van der Waals surface area contributed by atoms with Crippen LogP contribution in [0.3, 0.4) is 0 Å². The highest BCUT2D eigenvalue weighted by molar-refractivity contribution is 5.98. The van der Waals surface area contributed by atoms with Crippen LogP contribution in [0.4, 0.5) is 0 Å². The Morgan fingerprint density at radius 3 is 2.68 bits per heavy atom. The summed E-state index contributed by atoms with van der Waals surface area (Å²) >= 11 is 0. The average molecular weight is 348 g/mol. The first-order valence-electron chi connectivity index (χ1n) is 9.07. The van der Waals surface area contributed by atoms with Crippen LogP contribution < -0.4 is 0 Å². The Labute approximate surface area is 144 Å². The van der Waals surface area contributed by atoms with E-state index in [1.165, 1.54) is 0 Å². The van der Waals surface area contributed by atoms with Gasteiger partial charge in [-0.25, -0.2) is 0 Å². The maximum Gasteiger partial charge on any atom is 0.317 e. The monoisotopic (exact) mass is 348 g/mol. The van der Waals surface area contributed by atoms with Crippen LogP contribution in [0.15, 0.2) is 0 Å². The molecule has 4 aliphatic heterocycles. The first-order valence-corrected chi connectivity index (χ1v) is 9.07. The first kappa shape index (κ1) is 14.5. The number of carbonyl (C=O) groups is 3. The summed E-state index contributed by atoms with van der Waals surface area (Å²) in [6.07, 6.45) is -0.929. The van der Waals surface area contributed by atoms with Gasteiger partial charge in [0.25, 0.3) is 0 Å². The highest BCUT2D eigenvalue weighted by Crippen LogP contribution is 2.88. The minimum atomic E-state index is -1.11. The molecule has 0 aromatic heterocycles. The van der Waals surface area contributed by atoms with Crippen molar-refractivity contribution >= 4 is 17.9 Å². The smallest absolute Gasteiger partial charge is 0.317 e. The molecule has 7 heteroatoms. The van der Waals surface area contributed by atoms with E-state index < -0.39 is 46.3 Å². The Morgan fingerprint density at radius 1 is 1.20 bits per heavy atom. The van der Waals surface area contributed by atoms with Crippen molar-refractivity contribution in [1.82, 2.24) is 0 Å². The fourth-order valence-corrected chi connectivity index (χ4v) is 7.64. The van der Waals surface area contributed by atoms with Crippen molar-refractivity contribution in [3.8, 4) is 0 Å². The molecule has 9 atom stereocenters. The summed E-state index contributed by atoms with van der Waals surface area (Å²) in [5.41, 5.74) is -3.21. The number of fused-ring (bicyclic) bond motifs is 2. The second-order valence-electron chi connectivity index (χ2n) is 8.89. The SMILES string of the molecule is CCC(=O)OC1C2OC(=O)C34C5CC6(C)OC(=O)C3(C1OC24)C6(C)C5. The summed E-state index contributed by atoms with van der Waals surface area (Å²) in [4.78, 5) is 38.3. The second kappa shape index (κ2) is 3.59. The molecule has 6 rings (SSSR count). The molecule has 0 aromatic carbocycles. The van der Waals surface area contributed by atoms with Gasteiger partial charge in [0.05, 0.1) is 0 Å². The molecule has 0 N–H and O–H groups in total. The third-order valence-corrected chi connectivity index (χ3v) is 8.49. The van der Waals surface area contributed by atoms with Gasteiger partial charge < -0.3 is 18.9 Å². The van der Waals surface area contributed by atoms with E-state index in [1.54, 1.807) is 6.92 Å². The lowest BCUT2D eigenvalue weighted by Gasteiger charge is -2.49. The van der Waals surface area contributed by atoms with Crippen LogP contribution in [0, 0.1) is 22.2 Å². The van der Waals surface area contributed by atoms with E-state index in [2.05, 4.69) is 0 Å². The van der Waals surface area contributed by atoms with Crippen molar-refractivity contribution in [3.05, 3.63) is 0 Å². The highest BCUT2D eigenvalue weighted by atomic mass is 16.7. The van der Waals surface area contributed by atoms with Gasteiger partial charge in [-0.05, 0) is 25.7 Å². The lowest BCUT2D eigenvalue weighted by molar-refractivity contribution is -0.170. The van der Waals surface area contributed by atoms with E-state index in [0.29, 0.717) is 6.42 Å². The van der Waals surface area contributed by atoms with Gasteiger partial charge in [0, 0.05) is 11.8 Å². The first-order chi connectivity index (χ1) is 11.8. The summed E-state index contributed by atoms with van der Waals surface area (Å²) in [7, 11) is 0. The zero-order valence-electron chi connectivity index (χ0n) is 14.4. The van der Waals surface area contributed by atoms with Gasteiger partial charge in [-0.3, -0.25) is 14.4 Å². The fourth-order valence-electron chi connectivity index (χ4n) is 7.64. The van der Waals surface area contributed by atoms with Gasteiger partial charge >= 0.3 is 17.9 Å². The molecule has 6 aliphatic rings. The molecule has 0 aromatic rings. The highest BCUT2D eigenvalue weighted by Gasteiger charge is 3.01. The predicted molar refractivity (Wildman–Crippen MR) is 78.9 cm³/mol. The molecule has 9 unspecified atom stereocenters. The summed E-state index contributed by atoms with van der Waals surface area (Å²) in [5.74, 6) is -1.12. The standard InChI is InChI=1S/C18H20O7/c1-4-8(19)22-10-9-11-17(13(20)23-9)7-5-15(2)16(3,6-7)25-14(21)18(15,17)12(10)24-11/h7,9-12H,4-6H2,1-3H3. The quantitative estimate of drug-likeness (QED) is 0.537. The third kappa shape index (κ3) is 0.999. The van der Waals surface area contributed by atoms with Crippen molar-refractivity contribution in [3.63, 3.8) is 0 Å². The lowest BCUT2D eigenvalue weighted by Crippen LogP contribution is -2.66. The van der Waals surface area contributed by atoms with Crippen molar-refractivity contribution in [2.75, 3.05) is 0 Å². The molecule has 4 saturated heterocycles. The van der Waals surface area contributed by atoms with E-state index in [9.17, 15) is 14.4 Å². The van der Waals surface area contributed by atoms with Gasteiger partial charge in [-0.2, -0.15) is 0 Å². The summed E-state index contributed by atoms with van der Waals surface area (Å²) < 4.78 is 23.4. The maximum absolute atomic E-state index is 13.3. The van der Waals surface area contributed by atoms with Gasteiger partial charge in [-0.1, -0.05) is 13.8 Å². The van der Waals surface area contributed by atoms with Crippen molar-refractivity contribution in [2.45, 2.75) is 70.1 Å². The van der Waals surface area contributed by atoms with Gasteiger partial charge in [0.2, 0.25) is 0 Å². The van der Waals surface area contributed by atoms with E-state index in [-0.39, 0.29) is 30.2 Å². The van der Waals surface area contributed by atoms with E-state index in [4.69, 9.17) is 18.9 Å². The summed E-state index contributed by atoms with van der Waals surface area (Å²) in [5, 5.41) is 0. The molecule has 134 valence electrons. The molecule has 0 amide bonds. The van der Waals surface area contributed by atoms with E-state index in [0.717, 1.165) is 6.42 Å². The number of hydrogen-bond acceptors (Lipinski definition) is 7. The summed E-state index contributed by atoms with van der Waals surface area (Å²) in [6.45, 7) is 5.71. The minimum Gasteiger partial charge on any atom is -0.458 e. The van der Waals surface area contributed by atoms with Gasteiger partial charge in [0.1, 0.15) is 28.6 Å². The van der Waals surface area contributed by atoms with Crippen LogP contribution in [0.5, 0.6) is 0 Å². The molecule has 2 saturated carbocycles. The molecule has 4 bridgehead atoms. The van der Waals surface area contributed by atoms with Crippen molar-refractivity contribution < 1.29 is 33.3 Å². The third-order valence-electron chi connectivity index (χ3n) is 8.49. The average Bonchev–Trinajstić information content (AvgIpc) is 3.24. The molecule has 0 radical (unpaired) electrons. The topological polar surface area (TPSA) is 88.1 Å². The van der Waals surface area contributed by atoms with Crippen molar-refractivity contribution in [2.24, 2.45) is 22.2 Å². The van der Waals surface area contributed by atoms with Crippen LogP contribution in [0.25, 0.3) is 0 Å². The molecule has 7 nitrogen and oxygen atoms in total. The molecule has 6 fully saturated rings. The zero-order chi connectivity index (χ0) is 17.6. The maximum atomic E-state index is 13.3. The Morgan fingerprint density at radius 2 is 1.96 bits per heavy atom. The van der Waals surface area contributed by atoms with Crippen LogP contribution >= 0.6 is 0 Å². The van der Waals surface area contributed by atoms with Crippen LogP contribution in [-0.2, 0) is 33.3 Å². The molecule has 2 aliphatic carbocycles. The molecular weight excluding hydrogens is 328 g/mol. The molecule has 2 spiro atoms. The molecular formula is C18H20O7. The predicted octanol–water partition coefficient (Wildman–Crippen LogP) is 0.733. The van der Waals surface area contributed by atoms with Crippen LogP contribution in [0.1, 0.15) is 40.0 Å². The second-order valence-corrected chi connectivity index (χ2v) is 8.89. The Hall–Kier alpha value is -1.63. The summed E-state index contributed by atoms with van der Waals surface area (Å²) in [6, 6.07) is 0. The molecule has 4 heterocycles. The normalized spacial score (nSPS) is 61.5. The van der Waals surface area contributed by atoms with Crippen LogP contribution in [-0.4, -0.2) is 47.9 Å². The Balaban J connectivity index is 1.61. The lowest BCUT2D eigenvalue weighted by atomic mass is 9.45. The van der Waals surface area contributed by atoms with E-state index >= 15 is 0 Å². The number of esters is 3.